The lowest BCUT2D eigenvalue weighted by Gasteiger charge is -2.22. The average Bonchev–Trinajstić information content (AvgIpc) is 2.96. The fraction of sp³-hybridized carbons (Fsp3) is 0.267. The molecule has 2 aromatic heterocycles. The summed E-state index contributed by atoms with van der Waals surface area (Å²) in [6.07, 6.45) is -2.44. The van der Waals surface area contributed by atoms with Crippen LogP contribution < -0.4 is 20.9 Å². The Hall–Kier alpha value is -5.01. The first-order chi connectivity index (χ1) is 20.8. The van der Waals surface area contributed by atoms with Crippen molar-refractivity contribution in [2.75, 3.05) is 12.4 Å². The molecule has 0 aliphatic rings. The second-order valence-electron chi connectivity index (χ2n) is 9.88. The zero-order valence-electron chi connectivity index (χ0n) is 23.6. The summed E-state index contributed by atoms with van der Waals surface area (Å²) in [6, 6.07) is 5.23. The molecule has 0 aliphatic carbocycles. The molecule has 0 unspecified atom stereocenters. The first kappa shape index (κ1) is 31.9. The summed E-state index contributed by atoms with van der Waals surface area (Å²) in [7, 11) is 2.97. The van der Waals surface area contributed by atoms with Crippen LogP contribution in [0.3, 0.4) is 0 Å². The van der Waals surface area contributed by atoms with Crippen LogP contribution in [0.2, 0.25) is 0 Å². The largest absolute Gasteiger partial charge is 0.496 e. The van der Waals surface area contributed by atoms with E-state index >= 15 is 0 Å². The minimum Gasteiger partial charge on any atom is -0.496 e. The minimum absolute atomic E-state index is 0.222. The molecule has 2 atom stereocenters. The van der Waals surface area contributed by atoms with Gasteiger partial charge in [0.2, 0.25) is 0 Å². The van der Waals surface area contributed by atoms with Crippen molar-refractivity contribution in [3.63, 3.8) is 0 Å². The number of carbonyl (C=O) groups excluding carboxylic acids is 1. The number of amides is 1. The summed E-state index contributed by atoms with van der Waals surface area (Å²) in [4.78, 5) is 42.4. The van der Waals surface area contributed by atoms with Crippen LogP contribution in [-0.4, -0.2) is 51.9 Å². The lowest BCUT2D eigenvalue weighted by atomic mass is 9.95. The zero-order chi connectivity index (χ0) is 32.3. The Morgan fingerprint density at radius 2 is 1.80 bits per heavy atom. The number of hydrogen-bond donors (Lipinski definition) is 3. The molecule has 0 aliphatic heterocycles. The SMILES string of the molecule is CC[C@@H](Nc1cc(F)c(C(=O)N[C@@H](Cc2ccc(-c3c(OC)ccn(C)c3=O)c3ncccc23)C(=O)O)c(F)c1)C(F)(F)F. The highest BCUT2D eigenvalue weighted by Crippen LogP contribution is 2.33. The fourth-order valence-electron chi connectivity index (χ4n) is 4.78. The number of benzene rings is 2. The van der Waals surface area contributed by atoms with Crippen LogP contribution in [0.4, 0.5) is 27.6 Å². The number of alkyl halides is 3. The summed E-state index contributed by atoms with van der Waals surface area (Å²) in [5.74, 6) is -5.61. The van der Waals surface area contributed by atoms with Gasteiger partial charge in [-0.15, -0.1) is 0 Å². The number of methoxy groups -OCH3 is 1. The summed E-state index contributed by atoms with van der Waals surface area (Å²) >= 11 is 0. The Balaban J connectivity index is 1.66. The molecule has 0 radical (unpaired) electrons. The average molecular weight is 619 g/mol. The van der Waals surface area contributed by atoms with Gasteiger partial charge in [0, 0.05) is 42.5 Å². The van der Waals surface area contributed by atoms with Gasteiger partial charge in [-0.25, -0.2) is 13.6 Å². The maximum Gasteiger partial charge on any atom is 0.408 e. The number of pyridine rings is 2. The van der Waals surface area contributed by atoms with E-state index in [1.54, 1.807) is 37.4 Å². The molecule has 232 valence electrons. The van der Waals surface area contributed by atoms with Crippen molar-refractivity contribution in [1.82, 2.24) is 14.9 Å². The van der Waals surface area contributed by atoms with Gasteiger partial charge in [0.25, 0.3) is 11.5 Å². The molecule has 0 bridgehead atoms. The molecule has 14 heteroatoms. The van der Waals surface area contributed by atoms with E-state index in [0.29, 0.717) is 34.2 Å². The Morgan fingerprint density at radius 3 is 2.39 bits per heavy atom. The molecule has 0 spiro atoms. The third-order valence-corrected chi connectivity index (χ3v) is 7.02. The summed E-state index contributed by atoms with van der Waals surface area (Å²) in [5.41, 5.74) is -0.711. The van der Waals surface area contributed by atoms with E-state index < -0.39 is 59.4 Å². The molecule has 2 aromatic carbocycles. The molecule has 4 rings (SSSR count). The highest BCUT2D eigenvalue weighted by atomic mass is 19.4. The third-order valence-electron chi connectivity index (χ3n) is 7.02. The Bertz CT molecular complexity index is 1770. The Morgan fingerprint density at radius 1 is 1.11 bits per heavy atom. The van der Waals surface area contributed by atoms with Crippen molar-refractivity contribution >= 4 is 28.5 Å². The number of halogens is 5. The maximum absolute atomic E-state index is 14.8. The number of hydrogen-bond acceptors (Lipinski definition) is 6. The van der Waals surface area contributed by atoms with Crippen molar-refractivity contribution in [2.24, 2.45) is 7.05 Å². The van der Waals surface area contributed by atoms with Gasteiger partial charge in [-0.2, -0.15) is 13.2 Å². The zero-order valence-corrected chi connectivity index (χ0v) is 23.6. The second kappa shape index (κ2) is 12.7. The van der Waals surface area contributed by atoms with Crippen LogP contribution in [0.1, 0.15) is 29.3 Å². The van der Waals surface area contributed by atoms with Gasteiger partial charge in [0.05, 0.1) is 18.2 Å². The lowest BCUT2D eigenvalue weighted by molar-refractivity contribution is -0.143. The monoisotopic (exact) mass is 618 g/mol. The van der Waals surface area contributed by atoms with Crippen LogP contribution in [0, 0.1) is 11.6 Å². The molecule has 0 saturated carbocycles. The van der Waals surface area contributed by atoms with Gasteiger partial charge in [-0.1, -0.05) is 25.1 Å². The Kier molecular flexibility index (Phi) is 9.21. The number of carboxylic acid groups (broad SMARTS) is 1. The molecule has 3 N–H and O–H groups in total. The topological polar surface area (TPSA) is 123 Å². The number of rotatable bonds is 10. The van der Waals surface area contributed by atoms with Gasteiger partial charge >= 0.3 is 12.1 Å². The van der Waals surface area contributed by atoms with Gasteiger partial charge < -0.3 is 25.0 Å². The first-order valence-corrected chi connectivity index (χ1v) is 13.2. The van der Waals surface area contributed by atoms with E-state index in [1.807, 2.05) is 5.32 Å². The minimum atomic E-state index is -4.69. The number of anilines is 1. The predicted octanol–water partition coefficient (Wildman–Crippen LogP) is 5.07. The number of nitrogens with one attached hydrogen (secondary N) is 2. The molecule has 9 nitrogen and oxygen atoms in total. The predicted molar refractivity (Wildman–Crippen MR) is 152 cm³/mol. The highest BCUT2D eigenvalue weighted by molar-refractivity contribution is 5.99. The van der Waals surface area contributed by atoms with Gasteiger partial charge in [-0.05, 0) is 36.2 Å². The van der Waals surface area contributed by atoms with Crippen LogP contribution in [0.5, 0.6) is 5.75 Å². The van der Waals surface area contributed by atoms with E-state index in [9.17, 15) is 41.4 Å². The van der Waals surface area contributed by atoms with Crippen molar-refractivity contribution in [3.05, 3.63) is 88.0 Å². The summed E-state index contributed by atoms with van der Waals surface area (Å²) in [6.45, 7) is 1.23. The number of aromatic nitrogens is 2. The van der Waals surface area contributed by atoms with E-state index in [4.69, 9.17) is 4.74 Å². The molecular formula is C30H27F5N4O5. The quantitative estimate of drug-likeness (QED) is 0.212. The van der Waals surface area contributed by atoms with Crippen molar-refractivity contribution in [2.45, 2.75) is 38.0 Å². The van der Waals surface area contributed by atoms with Crippen LogP contribution in [-0.2, 0) is 18.3 Å². The standard InChI is InChI=1S/C30H27F5N4O5/c1-4-23(30(33,34)35)37-16-13-19(31)25(20(32)14-16)27(40)38-21(29(42)43)12-15-7-8-18(26-17(15)6-5-10-36-26)24-22(44-3)9-11-39(2)28(24)41/h5-11,13-14,21,23,37H,4,12H2,1-3H3,(H,38,40)(H,42,43)/t21-,23+/m0/s1. The molecule has 4 aromatic rings. The normalized spacial score (nSPS) is 12.9. The van der Waals surface area contributed by atoms with E-state index in [2.05, 4.69) is 10.3 Å². The molecular weight excluding hydrogens is 591 g/mol. The van der Waals surface area contributed by atoms with Gasteiger partial charge in [-0.3, -0.25) is 14.6 Å². The number of ether oxygens (including phenoxy) is 1. The molecule has 0 fully saturated rings. The number of carboxylic acids is 1. The lowest BCUT2D eigenvalue weighted by Crippen LogP contribution is -2.43. The smallest absolute Gasteiger partial charge is 0.408 e. The molecule has 2 heterocycles. The number of aliphatic carboxylic acids is 1. The number of aryl methyl sites for hydroxylation is 1. The third kappa shape index (κ3) is 6.48. The van der Waals surface area contributed by atoms with E-state index in [0.717, 1.165) is 0 Å². The molecule has 44 heavy (non-hydrogen) atoms. The number of nitrogens with zero attached hydrogens (tertiary/aromatic N) is 2. The van der Waals surface area contributed by atoms with E-state index in [-0.39, 0.29) is 23.3 Å². The van der Waals surface area contributed by atoms with Crippen molar-refractivity contribution in [3.8, 4) is 16.9 Å². The van der Waals surface area contributed by atoms with Crippen LogP contribution >= 0.6 is 0 Å². The highest BCUT2D eigenvalue weighted by Gasteiger charge is 2.38. The van der Waals surface area contributed by atoms with E-state index in [1.165, 1.54) is 31.0 Å². The molecule has 0 saturated heterocycles. The van der Waals surface area contributed by atoms with Crippen molar-refractivity contribution in [1.29, 1.82) is 0 Å². The summed E-state index contributed by atoms with van der Waals surface area (Å²) in [5, 5.41) is 14.4. The number of carbonyl (C=O) groups is 2. The fourth-order valence-corrected chi connectivity index (χ4v) is 4.78. The maximum atomic E-state index is 14.8. The van der Waals surface area contributed by atoms with Crippen LogP contribution in [0.25, 0.3) is 22.0 Å². The van der Waals surface area contributed by atoms with Crippen LogP contribution in [0.15, 0.2) is 59.7 Å². The Labute approximate surface area is 247 Å². The number of fused-ring (bicyclic) bond motifs is 1. The van der Waals surface area contributed by atoms with Gasteiger partial charge in [0.1, 0.15) is 35.0 Å². The van der Waals surface area contributed by atoms with Gasteiger partial charge in [0.15, 0.2) is 0 Å². The molecule has 1 amide bonds. The first-order valence-electron chi connectivity index (χ1n) is 13.2. The van der Waals surface area contributed by atoms with Crippen molar-refractivity contribution < 1.29 is 41.4 Å². The second-order valence-corrected chi connectivity index (χ2v) is 9.88. The summed E-state index contributed by atoms with van der Waals surface area (Å²) < 4.78 is 75.6.